The van der Waals surface area contributed by atoms with Crippen LogP contribution in [0.15, 0.2) is 0 Å². The predicted octanol–water partition coefficient (Wildman–Crippen LogP) is 1.01. The number of hydrogen-bond donors (Lipinski definition) is 2. The van der Waals surface area contributed by atoms with Gasteiger partial charge in [-0.3, -0.25) is 0 Å². The molecule has 10 heteroatoms. The van der Waals surface area contributed by atoms with Crippen LogP contribution in [0.4, 0.5) is 13.2 Å². The van der Waals surface area contributed by atoms with Crippen molar-refractivity contribution < 1.29 is 21.6 Å². The molecule has 5 nitrogen and oxygen atoms in total. The van der Waals surface area contributed by atoms with Crippen molar-refractivity contribution in [3.05, 3.63) is 0 Å². The molecule has 20 heavy (non-hydrogen) atoms. The first kappa shape index (κ1) is 18.0. The monoisotopic (exact) mass is 335 g/mol. The van der Waals surface area contributed by atoms with Gasteiger partial charge in [0.05, 0.1) is 0 Å². The zero-order chi connectivity index (χ0) is 15.2. The maximum atomic E-state index is 12.0. The molecule has 120 valence electrons. The number of rotatable bonds is 7. The van der Waals surface area contributed by atoms with Crippen molar-refractivity contribution in [1.29, 1.82) is 0 Å². The fourth-order valence-electron chi connectivity index (χ4n) is 2.13. The van der Waals surface area contributed by atoms with Gasteiger partial charge in [-0.1, -0.05) is 0 Å². The molecule has 0 saturated carbocycles. The number of halogens is 3. The molecule has 1 aliphatic rings. The molecule has 1 rings (SSSR count). The SMILES string of the molecule is CNCC1CCCN(S(=O)(=O)NCCSC(F)(F)F)C1. The molecular weight excluding hydrogens is 315 g/mol. The van der Waals surface area contributed by atoms with Crippen LogP contribution in [0.5, 0.6) is 0 Å². The molecule has 1 unspecified atom stereocenters. The Morgan fingerprint density at radius 3 is 2.70 bits per heavy atom. The largest absolute Gasteiger partial charge is 0.441 e. The minimum atomic E-state index is -4.32. The Hall–Kier alpha value is -0.0300. The van der Waals surface area contributed by atoms with Crippen molar-refractivity contribution in [1.82, 2.24) is 14.3 Å². The highest BCUT2D eigenvalue weighted by Gasteiger charge is 2.30. The first-order valence-electron chi connectivity index (χ1n) is 6.34. The van der Waals surface area contributed by atoms with Crippen LogP contribution < -0.4 is 10.0 Å². The van der Waals surface area contributed by atoms with Crippen LogP contribution in [0, 0.1) is 5.92 Å². The molecule has 0 spiro atoms. The second-order valence-corrected chi connectivity index (χ2v) is 7.53. The van der Waals surface area contributed by atoms with Gasteiger partial charge in [0.2, 0.25) is 0 Å². The van der Waals surface area contributed by atoms with Crippen LogP contribution >= 0.6 is 11.8 Å². The van der Waals surface area contributed by atoms with Gasteiger partial charge in [-0.25, -0.2) is 4.72 Å². The van der Waals surface area contributed by atoms with Gasteiger partial charge in [-0.15, -0.1) is 0 Å². The number of thioether (sulfide) groups is 1. The Labute approximate surface area is 121 Å². The molecule has 1 aliphatic heterocycles. The van der Waals surface area contributed by atoms with E-state index in [0.717, 1.165) is 19.4 Å². The van der Waals surface area contributed by atoms with Crippen molar-refractivity contribution >= 4 is 22.0 Å². The minimum absolute atomic E-state index is 0.223. The quantitative estimate of drug-likeness (QED) is 0.682. The van der Waals surface area contributed by atoms with E-state index in [1.54, 1.807) is 7.05 Å². The van der Waals surface area contributed by atoms with Crippen LogP contribution in [0.2, 0.25) is 0 Å². The van der Waals surface area contributed by atoms with Crippen LogP contribution in [0.1, 0.15) is 12.8 Å². The molecule has 1 heterocycles. The summed E-state index contributed by atoms with van der Waals surface area (Å²) in [6.07, 6.45) is 1.72. The second kappa shape index (κ2) is 7.83. The topological polar surface area (TPSA) is 61.4 Å². The summed E-state index contributed by atoms with van der Waals surface area (Å²) < 4.78 is 63.3. The van der Waals surface area contributed by atoms with E-state index in [1.807, 2.05) is 0 Å². The minimum Gasteiger partial charge on any atom is -0.319 e. The Morgan fingerprint density at radius 1 is 1.40 bits per heavy atom. The molecule has 0 aromatic rings. The smallest absolute Gasteiger partial charge is 0.319 e. The number of nitrogens with one attached hydrogen (secondary N) is 2. The van der Waals surface area contributed by atoms with E-state index in [0.29, 0.717) is 13.1 Å². The van der Waals surface area contributed by atoms with E-state index >= 15 is 0 Å². The van der Waals surface area contributed by atoms with Gasteiger partial charge in [-0.05, 0) is 44.1 Å². The molecule has 0 aromatic carbocycles. The Morgan fingerprint density at radius 2 is 2.10 bits per heavy atom. The Bertz CT molecular complexity index is 388. The Balaban J connectivity index is 2.39. The summed E-state index contributed by atoms with van der Waals surface area (Å²) in [5.41, 5.74) is -4.32. The fraction of sp³-hybridized carbons (Fsp3) is 1.00. The second-order valence-electron chi connectivity index (χ2n) is 4.62. The van der Waals surface area contributed by atoms with E-state index in [4.69, 9.17) is 0 Å². The molecular formula is C10H20F3N3O2S2. The summed E-state index contributed by atoms with van der Waals surface area (Å²) in [6, 6.07) is 0. The fourth-order valence-corrected chi connectivity index (χ4v) is 4.01. The van der Waals surface area contributed by atoms with Gasteiger partial charge in [0.1, 0.15) is 0 Å². The van der Waals surface area contributed by atoms with Gasteiger partial charge in [0.15, 0.2) is 0 Å². The van der Waals surface area contributed by atoms with Crippen molar-refractivity contribution in [2.75, 3.05) is 39.0 Å². The zero-order valence-corrected chi connectivity index (χ0v) is 12.9. The lowest BCUT2D eigenvalue weighted by Crippen LogP contribution is -2.47. The Kier molecular flexibility index (Phi) is 7.06. The first-order chi connectivity index (χ1) is 9.24. The summed E-state index contributed by atoms with van der Waals surface area (Å²) in [5.74, 6) is -0.0776. The summed E-state index contributed by atoms with van der Waals surface area (Å²) in [5, 5.41) is 3.01. The average molecular weight is 335 g/mol. The lowest BCUT2D eigenvalue weighted by molar-refractivity contribution is -0.0327. The maximum Gasteiger partial charge on any atom is 0.441 e. The van der Waals surface area contributed by atoms with Gasteiger partial charge in [0, 0.05) is 25.4 Å². The molecule has 0 bridgehead atoms. The molecule has 0 aliphatic carbocycles. The molecule has 0 radical (unpaired) electrons. The first-order valence-corrected chi connectivity index (χ1v) is 8.77. The third-order valence-electron chi connectivity index (χ3n) is 2.97. The number of alkyl halides is 3. The van der Waals surface area contributed by atoms with Gasteiger partial charge < -0.3 is 5.32 Å². The molecule has 0 amide bonds. The summed E-state index contributed by atoms with van der Waals surface area (Å²) in [6.45, 7) is 1.33. The number of piperidine rings is 1. The number of hydrogen-bond acceptors (Lipinski definition) is 4. The lowest BCUT2D eigenvalue weighted by Gasteiger charge is -2.31. The number of nitrogens with zero attached hydrogens (tertiary/aromatic N) is 1. The van der Waals surface area contributed by atoms with Crippen molar-refractivity contribution in [3.63, 3.8) is 0 Å². The molecule has 2 N–H and O–H groups in total. The normalized spacial score (nSPS) is 22.1. The van der Waals surface area contributed by atoms with E-state index in [9.17, 15) is 21.6 Å². The molecule has 1 fully saturated rings. The third-order valence-corrected chi connectivity index (χ3v) is 5.28. The maximum absolute atomic E-state index is 12.0. The average Bonchev–Trinajstić information content (AvgIpc) is 2.34. The molecule has 1 saturated heterocycles. The summed E-state index contributed by atoms with van der Waals surface area (Å²) >= 11 is -0.226. The van der Waals surface area contributed by atoms with Crippen LogP contribution in [-0.4, -0.2) is 57.2 Å². The highest BCUT2D eigenvalue weighted by molar-refractivity contribution is 8.00. The van der Waals surface area contributed by atoms with Crippen molar-refractivity contribution in [2.45, 2.75) is 18.3 Å². The van der Waals surface area contributed by atoms with Gasteiger partial charge in [-0.2, -0.15) is 25.9 Å². The zero-order valence-electron chi connectivity index (χ0n) is 11.2. The van der Waals surface area contributed by atoms with Gasteiger partial charge >= 0.3 is 5.51 Å². The standard InChI is InChI=1S/C10H20F3N3O2S2/c1-14-7-9-3-2-5-16(8-9)20(17,18)15-4-6-19-10(11,12)13/h9,14-15H,2-8H2,1H3. The highest BCUT2D eigenvalue weighted by Crippen LogP contribution is 2.29. The van der Waals surface area contributed by atoms with Crippen molar-refractivity contribution in [2.24, 2.45) is 5.92 Å². The third kappa shape index (κ3) is 6.61. The van der Waals surface area contributed by atoms with E-state index in [2.05, 4.69) is 10.0 Å². The van der Waals surface area contributed by atoms with Gasteiger partial charge in [0.25, 0.3) is 10.2 Å². The molecule has 1 atom stereocenters. The van der Waals surface area contributed by atoms with E-state index < -0.39 is 15.7 Å². The summed E-state index contributed by atoms with van der Waals surface area (Å²) in [4.78, 5) is 0. The predicted molar refractivity (Wildman–Crippen MR) is 73.7 cm³/mol. The molecule has 0 aromatic heterocycles. The van der Waals surface area contributed by atoms with E-state index in [1.165, 1.54) is 4.31 Å². The van der Waals surface area contributed by atoms with Crippen LogP contribution in [0.3, 0.4) is 0 Å². The van der Waals surface area contributed by atoms with Crippen LogP contribution in [0.25, 0.3) is 0 Å². The van der Waals surface area contributed by atoms with E-state index in [-0.39, 0.29) is 30.0 Å². The lowest BCUT2D eigenvalue weighted by atomic mass is 10.00. The van der Waals surface area contributed by atoms with Crippen molar-refractivity contribution in [3.8, 4) is 0 Å². The van der Waals surface area contributed by atoms with Crippen LogP contribution in [-0.2, 0) is 10.2 Å². The highest BCUT2D eigenvalue weighted by atomic mass is 32.2. The summed E-state index contributed by atoms with van der Waals surface area (Å²) in [7, 11) is -1.87.